The van der Waals surface area contributed by atoms with E-state index >= 15 is 0 Å². The Kier molecular flexibility index (Phi) is 5.62. The summed E-state index contributed by atoms with van der Waals surface area (Å²) in [5.74, 6) is 0.701. The van der Waals surface area contributed by atoms with Crippen molar-refractivity contribution in [2.24, 2.45) is 11.7 Å². The molecule has 5 nitrogen and oxygen atoms in total. The standard InChI is InChI=1S/C16H29N3O2/c1-3-18(4-2)16(21)14-10-13(17)11-19(14)15(20)9-12-7-5-6-8-12/h12-14H,3-11,17H2,1-2H3/t13-,14+/m1/s1. The molecule has 2 aliphatic rings. The molecule has 21 heavy (non-hydrogen) atoms. The van der Waals surface area contributed by atoms with Crippen molar-refractivity contribution < 1.29 is 9.59 Å². The molecule has 2 rings (SSSR count). The number of rotatable bonds is 5. The number of hydrogen-bond acceptors (Lipinski definition) is 3. The molecule has 1 aliphatic heterocycles. The zero-order valence-electron chi connectivity index (χ0n) is 13.4. The molecule has 0 unspecified atom stereocenters. The first-order valence-corrected chi connectivity index (χ1v) is 8.40. The summed E-state index contributed by atoms with van der Waals surface area (Å²) in [7, 11) is 0. The number of likely N-dealkylation sites (N-methyl/N-ethyl adjacent to an activating group) is 1. The van der Waals surface area contributed by atoms with Gasteiger partial charge in [-0.2, -0.15) is 0 Å². The maximum atomic E-state index is 12.6. The maximum Gasteiger partial charge on any atom is 0.245 e. The molecule has 0 bridgehead atoms. The molecule has 0 aromatic rings. The number of amides is 2. The highest BCUT2D eigenvalue weighted by molar-refractivity contribution is 5.88. The van der Waals surface area contributed by atoms with E-state index in [9.17, 15) is 9.59 Å². The van der Waals surface area contributed by atoms with Gasteiger partial charge in [0.2, 0.25) is 11.8 Å². The Hall–Kier alpha value is -1.10. The second-order valence-electron chi connectivity index (χ2n) is 6.42. The first kappa shape index (κ1) is 16.3. The summed E-state index contributed by atoms with van der Waals surface area (Å²) in [5.41, 5.74) is 6.02. The fourth-order valence-corrected chi connectivity index (χ4v) is 3.70. The third-order valence-corrected chi connectivity index (χ3v) is 4.95. The molecular weight excluding hydrogens is 266 g/mol. The van der Waals surface area contributed by atoms with Crippen LogP contribution in [0.5, 0.6) is 0 Å². The minimum absolute atomic E-state index is 0.0627. The lowest BCUT2D eigenvalue weighted by molar-refractivity contribution is -0.144. The van der Waals surface area contributed by atoms with Crippen molar-refractivity contribution in [2.45, 2.75) is 64.5 Å². The van der Waals surface area contributed by atoms with Crippen LogP contribution in [0.4, 0.5) is 0 Å². The fourth-order valence-electron chi connectivity index (χ4n) is 3.70. The highest BCUT2D eigenvalue weighted by Crippen LogP contribution is 2.29. The first-order chi connectivity index (χ1) is 10.1. The number of likely N-dealkylation sites (tertiary alicyclic amines) is 1. The second kappa shape index (κ2) is 7.25. The van der Waals surface area contributed by atoms with E-state index in [1.54, 1.807) is 9.80 Å². The molecule has 0 radical (unpaired) electrons. The van der Waals surface area contributed by atoms with Crippen LogP contribution in [-0.2, 0) is 9.59 Å². The van der Waals surface area contributed by atoms with Crippen LogP contribution in [0.25, 0.3) is 0 Å². The van der Waals surface area contributed by atoms with Crippen molar-refractivity contribution in [1.29, 1.82) is 0 Å². The van der Waals surface area contributed by atoms with Crippen molar-refractivity contribution in [1.82, 2.24) is 9.80 Å². The van der Waals surface area contributed by atoms with E-state index in [1.165, 1.54) is 12.8 Å². The molecule has 2 N–H and O–H groups in total. The lowest BCUT2D eigenvalue weighted by atomic mass is 10.0. The number of hydrogen-bond donors (Lipinski definition) is 1. The number of nitrogens with zero attached hydrogens (tertiary/aromatic N) is 2. The third kappa shape index (κ3) is 3.76. The van der Waals surface area contributed by atoms with Crippen LogP contribution in [0.15, 0.2) is 0 Å². The van der Waals surface area contributed by atoms with E-state index in [0.29, 0.717) is 38.4 Å². The smallest absolute Gasteiger partial charge is 0.245 e. The average Bonchev–Trinajstić information content (AvgIpc) is 3.09. The van der Waals surface area contributed by atoms with Gasteiger partial charge in [0.25, 0.3) is 0 Å². The normalized spacial score (nSPS) is 26.3. The van der Waals surface area contributed by atoms with Gasteiger partial charge in [-0.05, 0) is 39.0 Å². The summed E-state index contributed by atoms with van der Waals surface area (Å²) in [6.07, 6.45) is 5.97. The van der Waals surface area contributed by atoms with Gasteiger partial charge in [0.1, 0.15) is 6.04 Å². The summed E-state index contributed by atoms with van der Waals surface area (Å²) in [5, 5.41) is 0. The quantitative estimate of drug-likeness (QED) is 0.833. The number of nitrogens with two attached hydrogens (primary N) is 1. The van der Waals surface area contributed by atoms with E-state index in [2.05, 4.69) is 0 Å². The van der Waals surface area contributed by atoms with Gasteiger partial charge in [-0.3, -0.25) is 9.59 Å². The zero-order valence-corrected chi connectivity index (χ0v) is 13.4. The summed E-state index contributed by atoms with van der Waals surface area (Å²) in [4.78, 5) is 28.7. The first-order valence-electron chi connectivity index (χ1n) is 8.40. The molecule has 2 atom stereocenters. The van der Waals surface area contributed by atoms with Gasteiger partial charge in [-0.1, -0.05) is 12.8 Å². The van der Waals surface area contributed by atoms with E-state index < -0.39 is 0 Å². The van der Waals surface area contributed by atoms with Crippen LogP contribution in [0.3, 0.4) is 0 Å². The Labute approximate surface area is 127 Å². The molecule has 120 valence electrons. The molecule has 5 heteroatoms. The predicted molar refractivity (Wildman–Crippen MR) is 82.6 cm³/mol. The molecule has 0 aromatic carbocycles. The average molecular weight is 295 g/mol. The van der Waals surface area contributed by atoms with Gasteiger partial charge >= 0.3 is 0 Å². The summed E-state index contributed by atoms with van der Waals surface area (Å²) in [6, 6.07) is -0.407. The molecule has 0 spiro atoms. The van der Waals surface area contributed by atoms with Crippen LogP contribution in [-0.4, -0.2) is 53.3 Å². The van der Waals surface area contributed by atoms with Gasteiger partial charge in [-0.15, -0.1) is 0 Å². The Morgan fingerprint density at radius 3 is 2.38 bits per heavy atom. The maximum absolute atomic E-state index is 12.6. The van der Waals surface area contributed by atoms with Crippen molar-refractivity contribution in [3.8, 4) is 0 Å². The van der Waals surface area contributed by atoms with E-state index in [0.717, 1.165) is 12.8 Å². The van der Waals surface area contributed by atoms with Gasteiger partial charge < -0.3 is 15.5 Å². The van der Waals surface area contributed by atoms with Crippen LogP contribution < -0.4 is 5.73 Å². The number of carbonyl (C=O) groups excluding carboxylic acids is 2. The monoisotopic (exact) mass is 295 g/mol. The molecule has 1 heterocycles. The molecule has 2 amide bonds. The Balaban J connectivity index is 2.01. The minimum atomic E-state index is -0.339. The highest BCUT2D eigenvalue weighted by Gasteiger charge is 2.40. The molecule has 1 aliphatic carbocycles. The molecule has 0 aromatic heterocycles. The van der Waals surface area contributed by atoms with Gasteiger partial charge in [0.15, 0.2) is 0 Å². The topological polar surface area (TPSA) is 66.6 Å². The Morgan fingerprint density at radius 2 is 1.81 bits per heavy atom. The zero-order chi connectivity index (χ0) is 15.4. The minimum Gasteiger partial charge on any atom is -0.341 e. The SMILES string of the molecule is CCN(CC)C(=O)[C@@H]1C[C@@H](N)CN1C(=O)CC1CCCC1. The summed E-state index contributed by atoms with van der Waals surface area (Å²) >= 11 is 0. The van der Waals surface area contributed by atoms with Gasteiger partial charge in [-0.25, -0.2) is 0 Å². The van der Waals surface area contributed by atoms with Crippen molar-refractivity contribution in [3.05, 3.63) is 0 Å². The highest BCUT2D eigenvalue weighted by atomic mass is 16.2. The number of carbonyl (C=O) groups is 2. The van der Waals surface area contributed by atoms with Gasteiger partial charge in [0, 0.05) is 32.1 Å². The third-order valence-electron chi connectivity index (χ3n) is 4.95. The van der Waals surface area contributed by atoms with Crippen molar-refractivity contribution >= 4 is 11.8 Å². The Bertz CT molecular complexity index is 376. The molecule has 1 saturated heterocycles. The van der Waals surface area contributed by atoms with Crippen LogP contribution in [0.2, 0.25) is 0 Å². The summed E-state index contributed by atoms with van der Waals surface area (Å²) in [6.45, 7) is 5.85. The summed E-state index contributed by atoms with van der Waals surface area (Å²) < 4.78 is 0. The Morgan fingerprint density at radius 1 is 1.19 bits per heavy atom. The molecule has 1 saturated carbocycles. The molecular formula is C16H29N3O2. The van der Waals surface area contributed by atoms with Crippen molar-refractivity contribution in [2.75, 3.05) is 19.6 Å². The lowest BCUT2D eigenvalue weighted by Gasteiger charge is -2.29. The molecule has 2 fully saturated rings. The van der Waals surface area contributed by atoms with Crippen LogP contribution >= 0.6 is 0 Å². The van der Waals surface area contributed by atoms with Crippen molar-refractivity contribution in [3.63, 3.8) is 0 Å². The van der Waals surface area contributed by atoms with E-state index in [-0.39, 0.29) is 23.9 Å². The second-order valence-corrected chi connectivity index (χ2v) is 6.42. The van der Waals surface area contributed by atoms with Crippen LogP contribution in [0.1, 0.15) is 52.4 Å². The van der Waals surface area contributed by atoms with E-state index in [1.807, 2.05) is 13.8 Å². The predicted octanol–water partition coefficient (Wildman–Crippen LogP) is 1.36. The fraction of sp³-hybridized carbons (Fsp3) is 0.875. The van der Waals surface area contributed by atoms with Crippen LogP contribution in [0, 0.1) is 5.92 Å². The largest absolute Gasteiger partial charge is 0.341 e. The van der Waals surface area contributed by atoms with E-state index in [4.69, 9.17) is 5.73 Å². The van der Waals surface area contributed by atoms with Gasteiger partial charge in [0.05, 0.1) is 0 Å². The lowest BCUT2D eigenvalue weighted by Crippen LogP contribution is -2.48.